The Hall–Kier alpha value is -1.48. The van der Waals surface area contributed by atoms with Gasteiger partial charge in [0.25, 0.3) is 0 Å². The van der Waals surface area contributed by atoms with E-state index < -0.39 is 0 Å². The van der Waals surface area contributed by atoms with E-state index in [2.05, 4.69) is 66.2 Å². The van der Waals surface area contributed by atoms with Gasteiger partial charge in [0, 0.05) is 11.2 Å². The number of alkyl halides is 1. The second kappa shape index (κ2) is 8.39. The Balaban J connectivity index is 2.32. The number of hydrogen-bond acceptors (Lipinski definition) is 2. The van der Waals surface area contributed by atoms with Gasteiger partial charge in [-0.25, -0.2) is 0 Å². The topological polar surface area (TPSA) is 18.5 Å². The van der Waals surface area contributed by atoms with E-state index in [1.54, 1.807) is 0 Å². The Morgan fingerprint density at radius 3 is 1.57 bits per heavy atom. The maximum atomic E-state index is 5.64. The standard InChI is InChI=1S/C20H25BrO2/c1-5-22-19-9-7-16(11-14(19)3)18(13-21)17-8-10-20(23-6-2)15(4)12-17/h7-12,18H,5-6,13H2,1-4H3. The summed E-state index contributed by atoms with van der Waals surface area (Å²) < 4.78 is 11.3. The van der Waals surface area contributed by atoms with Gasteiger partial charge in [0.1, 0.15) is 11.5 Å². The van der Waals surface area contributed by atoms with Crippen molar-refractivity contribution in [2.75, 3.05) is 18.5 Å². The first-order chi connectivity index (χ1) is 11.1. The van der Waals surface area contributed by atoms with Crippen molar-refractivity contribution in [1.82, 2.24) is 0 Å². The SMILES string of the molecule is CCOc1ccc(C(CBr)c2ccc(OCC)c(C)c2)cc1C. The van der Waals surface area contributed by atoms with Crippen molar-refractivity contribution >= 4 is 15.9 Å². The van der Waals surface area contributed by atoms with Gasteiger partial charge in [0.2, 0.25) is 0 Å². The molecule has 0 aliphatic heterocycles. The summed E-state index contributed by atoms with van der Waals surface area (Å²) >= 11 is 3.67. The molecule has 0 heterocycles. The van der Waals surface area contributed by atoms with Gasteiger partial charge < -0.3 is 9.47 Å². The van der Waals surface area contributed by atoms with Gasteiger partial charge in [-0.3, -0.25) is 0 Å². The molecule has 0 radical (unpaired) electrons. The maximum Gasteiger partial charge on any atom is 0.122 e. The average molecular weight is 377 g/mol. The summed E-state index contributed by atoms with van der Waals surface area (Å²) in [6.07, 6.45) is 0. The molecule has 0 aliphatic rings. The number of halogens is 1. The van der Waals surface area contributed by atoms with Crippen LogP contribution in [0.2, 0.25) is 0 Å². The number of rotatable bonds is 7. The lowest BCUT2D eigenvalue weighted by Crippen LogP contribution is -2.05. The molecule has 0 saturated heterocycles. The summed E-state index contributed by atoms with van der Waals surface area (Å²) in [5, 5.41) is 0.883. The van der Waals surface area contributed by atoms with Crippen molar-refractivity contribution in [1.29, 1.82) is 0 Å². The van der Waals surface area contributed by atoms with Crippen LogP contribution in [0.3, 0.4) is 0 Å². The Bertz CT molecular complexity index is 597. The molecule has 0 unspecified atom stereocenters. The molecule has 3 heteroatoms. The average Bonchev–Trinajstić information content (AvgIpc) is 2.53. The summed E-state index contributed by atoms with van der Waals surface area (Å²) in [6.45, 7) is 9.61. The molecule has 0 bridgehead atoms. The molecule has 0 atom stereocenters. The van der Waals surface area contributed by atoms with Crippen LogP contribution in [0.1, 0.15) is 42.0 Å². The highest BCUT2D eigenvalue weighted by molar-refractivity contribution is 9.09. The molecule has 124 valence electrons. The highest BCUT2D eigenvalue weighted by Crippen LogP contribution is 2.32. The van der Waals surface area contributed by atoms with E-state index in [4.69, 9.17) is 9.47 Å². The predicted molar refractivity (Wildman–Crippen MR) is 100 cm³/mol. The lowest BCUT2D eigenvalue weighted by Gasteiger charge is -2.19. The van der Waals surface area contributed by atoms with Gasteiger partial charge in [-0.1, -0.05) is 40.2 Å². The van der Waals surface area contributed by atoms with Crippen molar-refractivity contribution in [2.45, 2.75) is 33.6 Å². The Morgan fingerprint density at radius 1 is 0.826 bits per heavy atom. The van der Waals surface area contributed by atoms with Crippen LogP contribution < -0.4 is 9.47 Å². The largest absolute Gasteiger partial charge is 0.494 e. The maximum absolute atomic E-state index is 5.64. The van der Waals surface area contributed by atoms with E-state index in [-0.39, 0.29) is 0 Å². The van der Waals surface area contributed by atoms with Gasteiger partial charge in [0.15, 0.2) is 0 Å². The van der Waals surface area contributed by atoms with Crippen molar-refractivity contribution < 1.29 is 9.47 Å². The zero-order valence-electron chi connectivity index (χ0n) is 14.4. The first kappa shape index (κ1) is 17.9. The molecule has 23 heavy (non-hydrogen) atoms. The molecule has 0 aliphatic carbocycles. The molecular formula is C20H25BrO2. The van der Waals surface area contributed by atoms with E-state index in [1.165, 1.54) is 22.3 Å². The number of benzene rings is 2. The summed E-state index contributed by atoms with van der Waals surface area (Å²) in [4.78, 5) is 0. The molecule has 0 saturated carbocycles. The summed E-state index contributed by atoms with van der Waals surface area (Å²) in [5.74, 6) is 2.25. The van der Waals surface area contributed by atoms with E-state index in [1.807, 2.05) is 13.8 Å². The molecule has 2 nitrogen and oxygen atoms in total. The third kappa shape index (κ3) is 4.29. The fraction of sp³-hybridized carbons (Fsp3) is 0.400. The van der Waals surface area contributed by atoms with Crippen molar-refractivity contribution in [3.05, 3.63) is 58.7 Å². The van der Waals surface area contributed by atoms with Crippen molar-refractivity contribution in [3.8, 4) is 11.5 Å². The van der Waals surface area contributed by atoms with Crippen molar-refractivity contribution in [3.63, 3.8) is 0 Å². The Kier molecular flexibility index (Phi) is 6.52. The molecule has 2 rings (SSSR count). The van der Waals surface area contributed by atoms with Crippen LogP contribution in [-0.4, -0.2) is 18.5 Å². The van der Waals surface area contributed by atoms with Gasteiger partial charge in [-0.15, -0.1) is 0 Å². The van der Waals surface area contributed by atoms with E-state index in [0.717, 1.165) is 16.8 Å². The quantitative estimate of drug-likeness (QED) is 0.583. The molecule has 0 fully saturated rings. The number of ether oxygens (including phenoxy) is 2. The van der Waals surface area contributed by atoms with E-state index in [9.17, 15) is 0 Å². The second-order valence-corrected chi connectivity index (χ2v) is 6.27. The minimum atomic E-state index is 0.318. The summed E-state index contributed by atoms with van der Waals surface area (Å²) in [6, 6.07) is 12.9. The molecule has 0 spiro atoms. The molecule has 0 N–H and O–H groups in total. The van der Waals surface area contributed by atoms with Gasteiger partial charge >= 0.3 is 0 Å². The van der Waals surface area contributed by atoms with Crippen LogP contribution in [0.5, 0.6) is 11.5 Å². The zero-order chi connectivity index (χ0) is 16.8. The van der Waals surface area contributed by atoms with E-state index >= 15 is 0 Å². The minimum Gasteiger partial charge on any atom is -0.494 e. The lowest BCUT2D eigenvalue weighted by molar-refractivity contribution is 0.338. The molecule has 2 aromatic carbocycles. The summed E-state index contributed by atoms with van der Waals surface area (Å²) in [5.41, 5.74) is 4.95. The first-order valence-electron chi connectivity index (χ1n) is 8.13. The zero-order valence-corrected chi connectivity index (χ0v) is 15.9. The van der Waals surface area contributed by atoms with E-state index in [0.29, 0.717) is 19.1 Å². The fourth-order valence-electron chi connectivity index (χ4n) is 2.78. The highest BCUT2D eigenvalue weighted by Gasteiger charge is 2.15. The first-order valence-corrected chi connectivity index (χ1v) is 9.25. The van der Waals surface area contributed by atoms with Crippen LogP contribution in [-0.2, 0) is 0 Å². The third-order valence-electron chi connectivity index (χ3n) is 3.96. The second-order valence-electron chi connectivity index (χ2n) is 5.62. The molecular weight excluding hydrogens is 352 g/mol. The van der Waals surface area contributed by atoms with Crippen LogP contribution in [0, 0.1) is 13.8 Å². The highest BCUT2D eigenvalue weighted by atomic mass is 79.9. The van der Waals surface area contributed by atoms with Gasteiger partial charge in [-0.05, 0) is 62.1 Å². The third-order valence-corrected chi connectivity index (χ3v) is 4.60. The van der Waals surface area contributed by atoms with Crippen LogP contribution in [0.15, 0.2) is 36.4 Å². The lowest BCUT2D eigenvalue weighted by atomic mass is 9.91. The normalized spacial score (nSPS) is 10.9. The molecule has 2 aromatic rings. The van der Waals surface area contributed by atoms with Gasteiger partial charge in [-0.2, -0.15) is 0 Å². The predicted octanol–water partition coefficient (Wildman–Crippen LogP) is 5.63. The minimum absolute atomic E-state index is 0.318. The van der Waals surface area contributed by atoms with Crippen LogP contribution >= 0.6 is 15.9 Å². The van der Waals surface area contributed by atoms with Crippen LogP contribution in [0.4, 0.5) is 0 Å². The van der Waals surface area contributed by atoms with Crippen LogP contribution in [0.25, 0.3) is 0 Å². The van der Waals surface area contributed by atoms with Crippen molar-refractivity contribution in [2.24, 2.45) is 0 Å². The molecule has 0 aromatic heterocycles. The number of aryl methyl sites for hydroxylation is 2. The Morgan fingerprint density at radius 2 is 1.26 bits per heavy atom. The Labute approximate surface area is 148 Å². The smallest absolute Gasteiger partial charge is 0.122 e. The number of hydrogen-bond donors (Lipinski definition) is 0. The fourth-order valence-corrected chi connectivity index (χ4v) is 3.53. The van der Waals surface area contributed by atoms with Gasteiger partial charge in [0.05, 0.1) is 13.2 Å². The summed E-state index contributed by atoms with van der Waals surface area (Å²) in [7, 11) is 0. The molecule has 0 amide bonds. The monoisotopic (exact) mass is 376 g/mol.